The summed E-state index contributed by atoms with van der Waals surface area (Å²) in [6.07, 6.45) is 0. The third-order valence-corrected chi connectivity index (χ3v) is 5.40. The Morgan fingerprint density at radius 3 is 2.60 bits per heavy atom. The Kier molecular flexibility index (Phi) is 5.18. The van der Waals surface area contributed by atoms with Gasteiger partial charge in [0.2, 0.25) is 0 Å². The van der Waals surface area contributed by atoms with Crippen molar-refractivity contribution in [1.29, 1.82) is 0 Å². The SMILES string of the molecule is Cc1cc(CN([C@@H](C)C(=O)O)S(=O)(=O)c2ccccc2[N+](=O)[O-])no1. The second kappa shape index (κ2) is 6.99. The summed E-state index contributed by atoms with van der Waals surface area (Å²) in [6, 6.07) is 4.73. The molecule has 0 amide bonds. The number of carboxylic acids is 1. The number of nitro benzene ring substituents is 1. The molecule has 1 aromatic heterocycles. The Morgan fingerprint density at radius 1 is 1.44 bits per heavy atom. The predicted octanol–water partition coefficient (Wildman–Crippen LogP) is 1.56. The highest BCUT2D eigenvalue weighted by molar-refractivity contribution is 7.89. The van der Waals surface area contributed by atoms with Crippen LogP contribution in [0.4, 0.5) is 5.69 Å². The maximum Gasteiger partial charge on any atom is 0.321 e. The summed E-state index contributed by atoms with van der Waals surface area (Å²) in [7, 11) is -4.48. The first-order valence-electron chi connectivity index (χ1n) is 7.05. The van der Waals surface area contributed by atoms with Gasteiger partial charge in [-0.3, -0.25) is 14.9 Å². The fourth-order valence-corrected chi connectivity index (χ4v) is 3.88. The molecule has 0 aliphatic heterocycles. The molecule has 0 bridgehead atoms. The minimum atomic E-state index is -4.48. The number of carboxylic acid groups (broad SMARTS) is 1. The molecule has 1 aromatic carbocycles. The molecule has 0 saturated carbocycles. The molecule has 134 valence electrons. The summed E-state index contributed by atoms with van der Waals surface area (Å²) >= 11 is 0. The summed E-state index contributed by atoms with van der Waals surface area (Å²) < 4.78 is 31.3. The van der Waals surface area contributed by atoms with Crippen molar-refractivity contribution in [3.8, 4) is 0 Å². The van der Waals surface area contributed by atoms with Crippen LogP contribution < -0.4 is 0 Å². The molecule has 0 spiro atoms. The van der Waals surface area contributed by atoms with E-state index in [1.807, 2.05) is 0 Å². The summed E-state index contributed by atoms with van der Waals surface area (Å²) in [4.78, 5) is 21.1. The maximum absolute atomic E-state index is 12.9. The van der Waals surface area contributed by atoms with E-state index in [1.165, 1.54) is 25.1 Å². The molecule has 0 aliphatic carbocycles. The Hall–Kier alpha value is -2.79. The van der Waals surface area contributed by atoms with Crippen molar-refractivity contribution >= 4 is 21.7 Å². The van der Waals surface area contributed by atoms with Crippen LogP contribution in [-0.2, 0) is 21.4 Å². The third-order valence-electron chi connectivity index (χ3n) is 3.43. The molecule has 0 unspecified atom stereocenters. The van der Waals surface area contributed by atoms with Gasteiger partial charge in [0.15, 0.2) is 4.90 Å². The van der Waals surface area contributed by atoms with Gasteiger partial charge in [-0.25, -0.2) is 8.42 Å². The van der Waals surface area contributed by atoms with Crippen molar-refractivity contribution in [2.75, 3.05) is 0 Å². The first-order chi connectivity index (χ1) is 11.6. The zero-order valence-electron chi connectivity index (χ0n) is 13.3. The number of hydrogen-bond donors (Lipinski definition) is 1. The van der Waals surface area contributed by atoms with Gasteiger partial charge in [0, 0.05) is 12.1 Å². The van der Waals surface area contributed by atoms with Gasteiger partial charge in [-0.1, -0.05) is 17.3 Å². The molecule has 1 N–H and O–H groups in total. The number of benzene rings is 1. The van der Waals surface area contributed by atoms with Crippen LogP contribution in [0.15, 0.2) is 39.8 Å². The van der Waals surface area contributed by atoms with Crippen LogP contribution in [0.25, 0.3) is 0 Å². The molecular weight excluding hydrogens is 354 g/mol. The van der Waals surface area contributed by atoms with E-state index in [1.54, 1.807) is 6.92 Å². The van der Waals surface area contributed by atoms with Crippen LogP contribution in [0.3, 0.4) is 0 Å². The van der Waals surface area contributed by atoms with Crippen molar-refractivity contribution in [1.82, 2.24) is 9.46 Å². The van der Waals surface area contributed by atoms with Gasteiger partial charge in [0.1, 0.15) is 11.8 Å². The van der Waals surface area contributed by atoms with E-state index in [0.29, 0.717) is 10.1 Å². The Bertz CT molecular complexity index is 907. The van der Waals surface area contributed by atoms with Crippen LogP contribution in [-0.4, -0.2) is 39.9 Å². The van der Waals surface area contributed by atoms with Crippen molar-refractivity contribution in [2.45, 2.75) is 31.3 Å². The highest BCUT2D eigenvalue weighted by atomic mass is 32.2. The molecule has 25 heavy (non-hydrogen) atoms. The lowest BCUT2D eigenvalue weighted by molar-refractivity contribution is -0.387. The van der Waals surface area contributed by atoms with E-state index in [-0.39, 0.29) is 5.69 Å². The molecule has 2 rings (SSSR count). The second-order valence-corrected chi connectivity index (χ2v) is 7.08. The zero-order valence-corrected chi connectivity index (χ0v) is 14.1. The number of rotatable bonds is 7. The van der Waals surface area contributed by atoms with Crippen LogP contribution in [0.5, 0.6) is 0 Å². The van der Waals surface area contributed by atoms with E-state index >= 15 is 0 Å². The van der Waals surface area contributed by atoms with Crippen LogP contribution in [0.2, 0.25) is 0 Å². The minimum absolute atomic E-state index is 0.188. The van der Waals surface area contributed by atoms with E-state index in [0.717, 1.165) is 12.1 Å². The Labute approximate surface area is 142 Å². The molecule has 0 radical (unpaired) electrons. The molecule has 1 heterocycles. The zero-order chi connectivity index (χ0) is 18.8. The van der Waals surface area contributed by atoms with Gasteiger partial charge in [0.25, 0.3) is 15.7 Å². The van der Waals surface area contributed by atoms with Crippen molar-refractivity contribution in [3.63, 3.8) is 0 Å². The first-order valence-corrected chi connectivity index (χ1v) is 8.49. The number of aryl methyl sites for hydroxylation is 1. The van der Waals surface area contributed by atoms with Crippen molar-refractivity contribution < 1.29 is 27.8 Å². The van der Waals surface area contributed by atoms with Crippen molar-refractivity contribution in [3.05, 3.63) is 51.9 Å². The van der Waals surface area contributed by atoms with E-state index in [9.17, 15) is 28.4 Å². The van der Waals surface area contributed by atoms with E-state index < -0.39 is 44.1 Å². The van der Waals surface area contributed by atoms with Gasteiger partial charge in [-0.2, -0.15) is 4.31 Å². The van der Waals surface area contributed by atoms with Crippen molar-refractivity contribution in [2.24, 2.45) is 0 Å². The number of nitro groups is 1. The van der Waals surface area contributed by atoms with Crippen LogP contribution in [0.1, 0.15) is 18.4 Å². The lowest BCUT2D eigenvalue weighted by Gasteiger charge is -2.24. The van der Waals surface area contributed by atoms with Gasteiger partial charge in [-0.15, -0.1) is 0 Å². The number of para-hydroxylation sites is 1. The quantitative estimate of drug-likeness (QED) is 0.572. The third kappa shape index (κ3) is 3.83. The van der Waals surface area contributed by atoms with Crippen LogP contribution >= 0.6 is 0 Å². The molecule has 2 aromatic rings. The lowest BCUT2D eigenvalue weighted by Crippen LogP contribution is -2.42. The summed E-state index contributed by atoms with van der Waals surface area (Å²) in [5.74, 6) is -0.983. The standard InChI is InChI=1S/C14H15N3O7S/c1-9-7-11(15-24-9)8-16(10(2)14(18)19)25(22,23)13-6-4-3-5-12(13)17(20)21/h3-7,10H,8H2,1-2H3,(H,18,19)/t10-/m0/s1. The summed E-state index contributed by atoms with van der Waals surface area (Å²) in [5, 5.41) is 24.0. The number of aliphatic carboxylic acids is 1. The van der Waals surface area contributed by atoms with Crippen LogP contribution in [0, 0.1) is 17.0 Å². The van der Waals surface area contributed by atoms with Gasteiger partial charge >= 0.3 is 5.97 Å². The molecule has 0 saturated heterocycles. The molecule has 1 atom stereocenters. The summed E-state index contributed by atoms with van der Waals surface area (Å²) in [5.41, 5.74) is -0.450. The van der Waals surface area contributed by atoms with Gasteiger partial charge in [-0.05, 0) is 19.9 Å². The molecule has 0 aliphatic rings. The fourth-order valence-electron chi connectivity index (χ4n) is 2.16. The summed E-state index contributed by atoms with van der Waals surface area (Å²) in [6.45, 7) is 2.36. The topological polar surface area (TPSA) is 144 Å². The number of nitrogens with zero attached hydrogens (tertiary/aromatic N) is 3. The normalized spacial score (nSPS) is 12.9. The molecule has 0 fully saturated rings. The molecule has 10 nitrogen and oxygen atoms in total. The predicted molar refractivity (Wildman–Crippen MR) is 84.2 cm³/mol. The largest absolute Gasteiger partial charge is 0.480 e. The Balaban J connectivity index is 2.55. The fraction of sp³-hybridized carbons (Fsp3) is 0.286. The second-order valence-electron chi connectivity index (χ2n) is 5.22. The van der Waals surface area contributed by atoms with Gasteiger partial charge < -0.3 is 9.63 Å². The molecular formula is C14H15N3O7S. The number of sulfonamides is 1. The highest BCUT2D eigenvalue weighted by Gasteiger charge is 2.37. The van der Waals surface area contributed by atoms with E-state index in [2.05, 4.69) is 5.16 Å². The monoisotopic (exact) mass is 369 g/mol. The van der Waals surface area contributed by atoms with Gasteiger partial charge in [0.05, 0.1) is 17.2 Å². The van der Waals surface area contributed by atoms with E-state index in [4.69, 9.17) is 4.52 Å². The lowest BCUT2D eigenvalue weighted by atomic mass is 10.3. The number of hydrogen-bond acceptors (Lipinski definition) is 7. The first kappa shape index (κ1) is 18.5. The number of carbonyl (C=O) groups is 1. The molecule has 11 heteroatoms. The average Bonchev–Trinajstić information content (AvgIpc) is 2.96. The minimum Gasteiger partial charge on any atom is -0.480 e. The Morgan fingerprint density at radius 2 is 2.08 bits per heavy atom. The maximum atomic E-state index is 12.9. The average molecular weight is 369 g/mol. The smallest absolute Gasteiger partial charge is 0.321 e. The number of aromatic nitrogens is 1. The highest BCUT2D eigenvalue weighted by Crippen LogP contribution is 2.28.